The van der Waals surface area contributed by atoms with Crippen molar-refractivity contribution >= 4 is 11.8 Å². The van der Waals surface area contributed by atoms with Crippen LogP contribution >= 0.6 is 0 Å². The van der Waals surface area contributed by atoms with Crippen molar-refractivity contribution in [1.29, 1.82) is 0 Å². The van der Waals surface area contributed by atoms with Gasteiger partial charge in [0.05, 0.1) is 11.8 Å². The van der Waals surface area contributed by atoms with Crippen molar-refractivity contribution in [3.05, 3.63) is 71.8 Å². The number of carbonyl (C=O) groups is 2. The van der Waals surface area contributed by atoms with Crippen LogP contribution in [0.25, 0.3) is 0 Å². The zero-order valence-corrected chi connectivity index (χ0v) is 18.1. The van der Waals surface area contributed by atoms with Crippen molar-refractivity contribution in [3.8, 4) is 0 Å². The van der Waals surface area contributed by atoms with Crippen LogP contribution in [0.4, 0.5) is 0 Å². The van der Waals surface area contributed by atoms with E-state index in [1.54, 1.807) is 0 Å². The predicted octanol–water partition coefficient (Wildman–Crippen LogP) is 4.63. The van der Waals surface area contributed by atoms with E-state index in [0.717, 1.165) is 24.0 Å². The van der Waals surface area contributed by atoms with Gasteiger partial charge in [-0.2, -0.15) is 0 Å². The smallest absolute Gasteiger partial charge is 0.227 e. The second kappa shape index (κ2) is 10.8. The van der Waals surface area contributed by atoms with E-state index in [0.29, 0.717) is 13.1 Å². The summed E-state index contributed by atoms with van der Waals surface area (Å²) >= 11 is 0. The first kappa shape index (κ1) is 22.7. The fraction of sp³-hybridized carbons (Fsp3) is 0.440. The van der Waals surface area contributed by atoms with Gasteiger partial charge in [-0.3, -0.25) is 9.59 Å². The molecule has 0 fully saturated rings. The molecule has 0 heterocycles. The SMILES string of the molecule is CCC(C(=O)NCC(C)(C)CNC(=O)C(CC)c1ccccc1)c1ccccc1. The fourth-order valence-corrected chi connectivity index (χ4v) is 3.48. The molecule has 2 rings (SSSR count). The highest BCUT2D eigenvalue weighted by molar-refractivity contribution is 5.84. The molecule has 4 heteroatoms. The maximum atomic E-state index is 12.7. The van der Waals surface area contributed by atoms with Gasteiger partial charge in [0.2, 0.25) is 11.8 Å². The molecule has 4 nitrogen and oxygen atoms in total. The Hall–Kier alpha value is -2.62. The van der Waals surface area contributed by atoms with Gasteiger partial charge in [0.15, 0.2) is 0 Å². The number of benzene rings is 2. The molecule has 29 heavy (non-hydrogen) atoms. The normalized spacial score (nSPS) is 13.4. The highest BCUT2D eigenvalue weighted by Gasteiger charge is 2.25. The summed E-state index contributed by atoms with van der Waals surface area (Å²) in [5.41, 5.74) is 1.83. The molecule has 0 aliphatic heterocycles. The summed E-state index contributed by atoms with van der Waals surface area (Å²) in [6.07, 6.45) is 1.50. The van der Waals surface area contributed by atoms with Gasteiger partial charge in [-0.25, -0.2) is 0 Å². The number of hydrogen-bond acceptors (Lipinski definition) is 2. The van der Waals surface area contributed by atoms with Crippen molar-refractivity contribution in [2.24, 2.45) is 5.41 Å². The Morgan fingerprint density at radius 1 is 0.724 bits per heavy atom. The third-order valence-corrected chi connectivity index (χ3v) is 5.34. The molecule has 0 radical (unpaired) electrons. The lowest BCUT2D eigenvalue weighted by molar-refractivity contribution is -0.123. The van der Waals surface area contributed by atoms with Crippen molar-refractivity contribution in [2.45, 2.75) is 52.4 Å². The quantitative estimate of drug-likeness (QED) is 0.617. The summed E-state index contributed by atoms with van der Waals surface area (Å²) in [5, 5.41) is 6.16. The second-order valence-corrected chi connectivity index (χ2v) is 8.34. The average molecular weight is 395 g/mol. The maximum Gasteiger partial charge on any atom is 0.227 e. The van der Waals surface area contributed by atoms with Gasteiger partial charge >= 0.3 is 0 Å². The van der Waals surface area contributed by atoms with E-state index in [2.05, 4.69) is 24.5 Å². The Morgan fingerprint density at radius 3 is 1.38 bits per heavy atom. The van der Waals surface area contributed by atoms with E-state index in [1.807, 2.05) is 74.5 Å². The monoisotopic (exact) mass is 394 g/mol. The molecule has 2 unspecified atom stereocenters. The lowest BCUT2D eigenvalue weighted by atomic mass is 9.90. The topological polar surface area (TPSA) is 58.2 Å². The molecule has 0 saturated heterocycles. The van der Waals surface area contributed by atoms with Crippen molar-refractivity contribution in [1.82, 2.24) is 10.6 Å². The fourth-order valence-electron chi connectivity index (χ4n) is 3.48. The van der Waals surface area contributed by atoms with Crippen LogP contribution < -0.4 is 10.6 Å². The Labute approximate surface area is 175 Å². The first-order chi connectivity index (χ1) is 13.9. The van der Waals surface area contributed by atoms with Gasteiger partial charge in [0.1, 0.15) is 0 Å². The largest absolute Gasteiger partial charge is 0.355 e. The summed E-state index contributed by atoms with van der Waals surface area (Å²) in [4.78, 5) is 25.4. The van der Waals surface area contributed by atoms with Gasteiger partial charge in [-0.05, 0) is 29.4 Å². The minimum absolute atomic E-state index is 0.0359. The van der Waals surface area contributed by atoms with Crippen LogP contribution in [0.1, 0.15) is 63.5 Å². The standard InChI is InChI=1S/C25H34N2O2/c1-5-21(19-13-9-7-10-14-19)23(28)26-17-25(3,4)18-27-24(29)22(6-2)20-15-11-8-12-16-20/h7-16,21-22H,5-6,17-18H2,1-4H3,(H,26,28)(H,27,29). The molecule has 0 aliphatic carbocycles. The zero-order valence-electron chi connectivity index (χ0n) is 18.1. The minimum Gasteiger partial charge on any atom is -0.355 e. The van der Waals surface area contributed by atoms with E-state index in [1.165, 1.54) is 0 Å². The van der Waals surface area contributed by atoms with Crippen LogP contribution in [0.3, 0.4) is 0 Å². The van der Waals surface area contributed by atoms with Gasteiger partial charge in [0, 0.05) is 13.1 Å². The Kier molecular flexibility index (Phi) is 8.44. The lowest BCUT2D eigenvalue weighted by Crippen LogP contribution is -2.44. The van der Waals surface area contributed by atoms with Crippen molar-refractivity contribution in [2.75, 3.05) is 13.1 Å². The number of nitrogens with one attached hydrogen (secondary N) is 2. The Morgan fingerprint density at radius 2 is 1.07 bits per heavy atom. The Bertz CT molecular complexity index is 706. The molecule has 2 amide bonds. The summed E-state index contributed by atoms with van der Waals surface area (Å²) in [6.45, 7) is 9.18. The summed E-state index contributed by atoms with van der Waals surface area (Å²) in [7, 11) is 0. The first-order valence-corrected chi connectivity index (χ1v) is 10.5. The maximum absolute atomic E-state index is 12.7. The molecule has 0 bridgehead atoms. The summed E-state index contributed by atoms with van der Waals surface area (Å²) in [6, 6.07) is 19.7. The lowest BCUT2D eigenvalue weighted by Gasteiger charge is -2.27. The number of hydrogen-bond donors (Lipinski definition) is 2. The molecule has 0 aromatic heterocycles. The van der Waals surface area contributed by atoms with E-state index >= 15 is 0 Å². The van der Waals surface area contributed by atoms with E-state index in [4.69, 9.17) is 0 Å². The molecule has 2 N–H and O–H groups in total. The predicted molar refractivity (Wildman–Crippen MR) is 119 cm³/mol. The van der Waals surface area contributed by atoms with E-state index in [-0.39, 0.29) is 29.1 Å². The van der Waals surface area contributed by atoms with Crippen molar-refractivity contribution < 1.29 is 9.59 Å². The van der Waals surface area contributed by atoms with E-state index in [9.17, 15) is 9.59 Å². The number of carbonyl (C=O) groups excluding carboxylic acids is 2. The number of rotatable bonds is 10. The molecule has 0 spiro atoms. The van der Waals surface area contributed by atoms with Gasteiger partial charge < -0.3 is 10.6 Å². The Balaban J connectivity index is 1.89. The van der Waals surface area contributed by atoms with Crippen LogP contribution in [0, 0.1) is 5.41 Å². The third kappa shape index (κ3) is 6.74. The molecule has 2 atom stereocenters. The van der Waals surface area contributed by atoms with Crippen LogP contribution in [0.15, 0.2) is 60.7 Å². The van der Waals surface area contributed by atoms with Crippen LogP contribution in [-0.4, -0.2) is 24.9 Å². The van der Waals surface area contributed by atoms with Crippen LogP contribution in [0.2, 0.25) is 0 Å². The van der Waals surface area contributed by atoms with Gasteiger partial charge in [0.25, 0.3) is 0 Å². The van der Waals surface area contributed by atoms with E-state index < -0.39 is 0 Å². The van der Waals surface area contributed by atoms with Crippen molar-refractivity contribution in [3.63, 3.8) is 0 Å². The molecule has 156 valence electrons. The molecule has 2 aromatic rings. The number of amides is 2. The second-order valence-electron chi connectivity index (χ2n) is 8.34. The molecule has 0 aliphatic rings. The highest BCUT2D eigenvalue weighted by atomic mass is 16.2. The minimum atomic E-state index is -0.241. The van der Waals surface area contributed by atoms with Crippen LogP contribution in [0.5, 0.6) is 0 Å². The summed E-state index contributed by atoms with van der Waals surface area (Å²) in [5.74, 6) is -0.226. The molecule has 0 saturated carbocycles. The zero-order chi connectivity index (χ0) is 21.3. The summed E-state index contributed by atoms with van der Waals surface area (Å²) < 4.78 is 0. The van der Waals surface area contributed by atoms with Gasteiger partial charge in [-0.15, -0.1) is 0 Å². The molecular weight excluding hydrogens is 360 g/mol. The van der Waals surface area contributed by atoms with Crippen LogP contribution in [-0.2, 0) is 9.59 Å². The molecular formula is C25H34N2O2. The third-order valence-electron chi connectivity index (χ3n) is 5.34. The van der Waals surface area contributed by atoms with Gasteiger partial charge in [-0.1, -0.05) is 88.4 Å². The molecule has 2 aromatic carbocycles. The average Bonchev–Trinajstić information content (AvgIpc) is 2.74. The first-order valence-electron chi connectivity index (χ1n) is 10.5. The highest BCUT2D eigenvalue weighted by Crippen LogP contribution is 2.22.